The maximum absolute atomic E-state index is 15.4. The van der Waals surface area contributed by atoms with Gasteiger partial charge in [-0.3, -0.25) is 24.7 Å². The number of nitro groups is 1. The number of piperazine rings is 2. The van der Waals surface area contributed by atoms with Gasteiger partial charge in [0.15, 0.2) is 4.77 Å². The van der Waals surface area contributed by atoms with Gasteiger partial charge in [-0.15, -0.1) is 0 Å². The number of nitro benzene ring substituents is 1. The summed E-state index contributed by atoms with van der Waals surface area (Å²) >= 11 is 5.82. The number of carboxylic acid groups (broad SMARTS) is 1. The van der Waals surface area contributed by atoms with Crippen molar-refractivity contribution < 1.29 is 19.2 Å². The predicted octanol–water partition coefficient (Wildman–Crippen LogP) is 3.62. The monoisotopic (exact) mass is 679 g/mol. The Morgan fingerprint density at radius 1 is 0.979 bits per heavy atom. The molecule has 2 aromatic heterocycles. The Morgan fingerprint density at radius 3 is 2.23 bits per heavy atom. The molecule has 0 saturated carbocycles. The summed E-state index contributed by atoms with van der Waals surface area (Å²) in [5.41, 5.74) is 0.878. The lowest BCUT2D eigenvalue weighted by atomic mass is 10.1. The van der Waals surface area contributed by atoms with E-state index in [4.69, 9.17) is 17.3 Å². The molecule has 0 spiro atoms. The third-order valence-corrected chi connectivity index (χ3v) is 9.68. The zero-order valence-electron chi connectivity index (χ0n) is 26.9. The molecule has 4 aromatic rings. The second kappa shape index (κ2) is 13.8. The van der Waals surface area contributed by atoms with E-state index in [2.05, 4.69) is 26.2 Å². The van der Waals surface area contributed by atoms with E-state index in [1.807, 2.05) is 16.5 Å². The Balaban J connectivity index is 1.09. The molecule has 0 atom stereocenters. The molecule has 14 nitrogen and oxygen atoms in total. The zero-order chi connectivity index (χ0) is 34.1. The molecule has 0 unspecified atom stereocenters. The minimum atomic E-state index is -1.33. The maximum Gasteiger partial charge on any atom is 0.341 e. The van der Waals surface area contributed by atoms with E-state index in [0.29, 0.717) is 68.5 Å². The molecular formula is C32H38FN9O5S. The molecule has 254 valence electrons. The maximum atomic E-state index is 15.4. The van der Waals surface area contributed by atoms with Crippen molar-refractivity contribution in [2.75, 3.05) is 62.2 Å². The van der Waals surface area contributed by atoms with Crippen LogP contribution in [-0.4, -0.2) is 97.1 Å². The van der Waals surface area contributed by atoms with E-state index in [-0.39, 0.29) is 21.6 Å². The highest BCUT2D eigenvalue weighted by Crippen LogP contribution is 2.27. The van der Waals surface area contributed by atoms with E-state index in [0.717, 1.165) is 43.8 Å². The first kappa shape index (κ1) is 33.2. The van der Waals surface area contributed by atoms with Crippen LogP contribution in [0.2, 0.25) is 0 Å². The van der Waals surface area contributed by atoms with E-state index in [1.165, 1.54) is 18.3 Å². The van der Waals surface area contributed by atoms with Crippen molar-refractivity contribution in [2.45, 2.75) is 40.2 Å². The Kier molecular flexibility index (Phi) is 9.57. The number of halogens is 1. The predicted molar refractivity (Wildman–Crippen MR) is 182 cm³/mol. The van der Waals surface area contributed by atoms with Crippen LogP contribution < -0.4 is 15.2 Å². The molecule has 4 heterocycles. The topological polar surface area (TPSA) is 138 Å². The number of pyridine rings is 1. The van der Waals surface area contributed by atoms with Crippen molar-refractivity contribution in [1.82, 2.24) is 28.7 Å². The van der Waals surface area contributed by atoms with Gasteiger partial charge in [0.2, 0.25) is 5.43 Å². The largest absolute Gasteiger partial charge is 0.477 e. The molecule has 2 saturated heterocycles. The minimum absolute atomic E-state index is 0.0553. The third-order valence-electron chi connectivity index (χ3n) is 9.25. The Labute approximate surface area is 280 Å². The van der Waals surface area contributed by atoms with Gasteiger partial charge in [-0.2, -0.15) is 5.10 Å². The summed E-state index contributed by atoms with van der Waals surface area (Å²) in [6.07, 6.45) is 1.32. The Bertz CT molecular complexity index is 1960. The molecule has 2 fully saturated rings. The second-order valence-electron chi connectivity index (χ2n) is 12.0. The van der Waals surface area contributed by atoms with E-state index >= 15 is 4.39 Å². The second-order valence-corrected chi connectivity index (χ2v) is 12.4. The van der Waals surface area contributed by atoms with Crippen molar-refractivity contribution in [3.8, 4) is 0 Å². The fraction of sp³-hybridized carbons (Fsp3) is 0.438. The minimum Gasteiger partial charge on any atom is -0.477 e. The molecular weight excluding hydrogens is 641 g/mol. The van der Waals surface area contributed by atoms with Crippen molar-refractivity contribution >= 4 is 46.2 Å². The lowest BCUT2D eigenvalue weighted by Gasteiger charge is -2.36. The van der Waals surface area contributed by atoms with Gasteiger partial charge in [0.1, 0.15) is 17.2 Å². The van der Waals surface area contributed by atoms with Gasteiger partial charge >= 0.3 is 5.97 Å². The number of anilines is 2. The molecule has 6 rings (SSSR count). The standard InChI is InChI=1S/C32H38FN9O5S/c1-3-37-19-25(31(44)45)30(43)24-17-26(33)28(18-27(24)37)39-15-11-36(12-16-39)21-41-32(48)40(4-2)29(34-41)20-35-9-13-38(14-10-35)22-5-7-23(8-6-22)42(46)47/h5-8,17-19H,3-4,9-16,20-21H2,1-2H3,(H,44,45). The first-order valence-corrected chi connectivity index (χ1v) is 16.4. The van der Waals surface area contributed by atoms with Crippen molar-refractivity contribution in [3.63, 3.8) is 0 Å². The van der Waals surface area contributed by atoms with Crippen LogP contribution in [-0.2, 0) is 26.3 Å². The average molecular weight is 680 g/mol. The summed E-state index contributed by atoms with van der Waals surface area (Å²) < 4.78 is 21.6. The summed E-state index contributed by atoms with van der Waals surface area (Å²) in [6, 6.07) is 9.47. The molecule has 1 N–H and O–H groups in total. The highest BCUT2D eigenvalue weighted by atomic mass is 32.1. The van der Waals surface area contributed by atoms with Gasteiger partial charge in [0.05, 0.1) is 29.3 Å². The van der Waals surface area contributed by atoms with Gasteiger partial charge in [0, 0.05) is 94.9 Å². The molecule has 0 bridgehead atoms. The first-order chi connectivity index (χ1) is 23.1. The molecule has 2 aliphatic rings. The summed E-state index contributed by atoms with van der Waals surface area (Å²) in [6.45, 7) is 11.8. The van der Waals surface area contributed by atoms with Gasteiger partial charge in [0.25, 0.3) is 5.69 Å². The van der Waals surface area contributed by atoms with Crippen LogP contribution in [0, 0.1) is 20.7 Å². The van der Waals surface area contributed by atoms with E-state index in [9.17, 15) is 24.8 Å². The number of aromatic nitrogens is 4. The van der Waals surface area contributed by atoms with Crippen molar-refractivity contribution in [3.05, 3.63) is 84.9 Å². The Morgan fingerprint density at radius 2 is 1.62 bits per heavy atom. The quantitative estimate of drug-likeness (QED) is 0.150. The van der Waals surface area contributed by atoms with Crippen LogP contribution in [0.3, 0.4) is 0 Å². The number of fused-ring (bicyclic) bond motifs is 1. The van der Waals surface area contributed by atoms with Gasteiger partial charge in [-0.05, 0) is 50.3 Å². The van der Waals surface area contributed by atoms with Gasteiger partial charge < -0.3 is 24.0 Å². The van der Waals surface area contributed by atoms with Crippen LogP contribution >= 0.6 is 12.2 Å². The fourth-order valence-electron chi connectivity index (χ4n) is 6.54. The van der Waals surface area contributed by atoms with Crippen molar-refractivity contribution in [1.29, 1.82) is 0 Å². The van der Waals surface area contributed by atoms with E-state index in [1.54, 1.807) is 22.8 Å². The number of non-ortho nitro benzene ring substituents is 1. The summed E-state index contributed by atoms with van der Waals surface area (Å²) in [5.74, 6) is -0.989. The van der Waals surface area contributed by atoms with Gasteiger partial charge in [-0.1, -0.05) is 0 Å². The zero-order valence-corrected chi connectivity index (χ0v) is 27.7. The normalized spacial score (nSPS) is 16.1. The van der Waals surface area contributed by atoms with Crippen molar-refractivity contribution in [2.24, 2.45) is 0 Å². The van der Waals surface area contributed by atoms with Crippen LogP contribution in [0.5, 0.6) is 0 Å². The molecule has 48 heavy (non-hydrogen) atoms. The van der Waals surface area contributed by atoms with Crippen LogP contribution in [0.4, 0.5) is 21.5 Å². The number of hydrogen-bond donors (Lipinski definition) is 1. The third kappa shape index (κ3) is 6.55. The molecule has 0 aliphatic carbocycles. The summed E-state index contributed by atoms with van der Waals surface area (Å²) in [4.78, 5) is 43.7. The van der Waals surface area contributed by atoms with E-state index < -0.39 is 17.2 Å². The first-order valence-electron chi connectivity index (χ1n) is 16.0. The Hall–Kier alpha value is -4.67. The number of carbonyl (C=O) groups is 1. The van der Waals surface area contributed by atoms with Crippen LogP contribution in [0.15, 0.2) is 47.4 Å². The van der Waals surface area contributed by atoms with Crippen LogP contribution in [0.25, 0.3) is 10.9 Å². The number of aromatic carboxylic acids is 1. The highest BCUT2D eigenvalue weighted by molar-refractivity contribution is 7.71. The number of hydrogen-bond acceptors (Lipinski definition) is 10. The molecule has 0 radical (unpaired) electrons. The summed E-state index contributed by atoms with van der Waals surface area (Å²) in [5, 5.41) is 25.4. The molecule has 0 amide bonds. The highest BCUT2D eigenvalue weighted by Gasteiger charge is 2.25. The van der Waals surface area contributed by atoms with Gasteiger partial charge in [-0.25, -0.2) is 13.9 Å². The SMILES string of the molecule is CCn1c(CN2CCN(c3ccc([N+](=O)[O-])cc3)CC2)nn(CN2CCN(c3cc4c(cc3F)c(=O)c(C(=O)O)cn4CC)CC2)c1=S. The lowest BCUT2D eigenvalue weighted by Crippen LogP contribution is -2.47. The number of carboxylic acids is 1. The average Bonchev–Trinajstić information content (AvgIpc) is 3.38. The lowest BCUT2D eigenvalue weighted by molar-refractivity contribution is -0.384. The smallest absolute Gasteiger partial charge is 0.341 e. The summed E-state index contributed by atoms with van der Waals surface area (Å²) in [7, 11) is 0. The number of nitrogens with zero attached hydrogens (tertiary/aromatic N) is 9. The van der Waals surface area contributed by atoms with Crippen LogP contribution in [0.1, 0.15) is 30.0 Å². The molecule has 2 aliphatic heterocycles. The molecule has 16 heteroatoms. The number of rotatable bonds is 10. The molecule has 2 aromatic carbocycles. The fourth-order valence-corrected chi connectivity index (χ4v) is 6.87. The number of aryl methyl sites for hydroxylation is 1. The number of benzene rings is 2.